The summed E-state index contributed by atoms with van der Waals surface area (Å²) in [7, 11) is 0. The Labute approximate surface area is 141 Å². The van der Waals surface area contributed by atoms with Gasteiger partial charge in [0.25, 0.3) is 0 Å². The van der Waals surface area contributed by atoms with E-state index >= 15 is 0 Å². The molecule has 0 aromatic heterocycles. The molecule has 0 amide bonds. The number of fused-ring (bicyclic) bond motifs is 1. The molecule has 0 saturated carbocycles. The van der Waals surface area contributed by atoms with Crippen LogP contribution in [-0.4, -0.2) is 0 Å². The van der Waals surface area contributed by atoms with Crippen molar-refractivity contribution in [2.75, 3.05) is 11.5 Å². The van der Waals surface area contributed by atoms with Gasteiger partial charge < -0.3 is 11.5 Å². The number of anilines is 2. The summed E-state index contributed by atoms with van der Waals surface area (Å²) < 4.78 is 0. The van der Waals surface area contributed by atoms with E-state index in [1.54, 1.807) is 0 Å². The molecule has 0 fully saturated rings. The van der Waals surface area contributed by atoms with Gasteiger partial charge in [-0.1, -0.05) is 60.7 Å². The van der Waals surface area contributed by atoms with E-state index in [-0.39, 0.29) is 0 Å². The standard InChI is InChI=1S/C22H18N2/c23-19-8-3-7-17(14-19)20-9-4-10-21(24)22(20)18-12-11-15-5-1-2-6-16(15)13-18/h1-14H,23-24H2. The molecule has 4 aromatic carbocycles. The third-order valence-corrected chi connectivity index (χ3v) is 4.33. The molecule has 0 spiro atoms. The molecule has 0 aliphatic heterocycles. The molecule has 4 rings (SSSR count). The van der Waals surface area contributed by atoms with Gasteiger partial charge in [-0.05, 0) is 51.7 Å². The molecule has 24 heavy (non-hydrogen) atoms. The topological polar surface area (TPSA) is 52.0 Å². The molecule has 2 nitrogen and oxygen atoms in total. The molecule has 0 aliphatic carbocycles. The Kier molecular flexibility index (Phi) is 3.43. The maximum atomic E-state index is 6.34. The molecule has 4 N–H and O–H groups in total. The van der Waals surface area contributed by atoms with Crippen LogP contribution in [0.15, 0.2) is 84.9 Å². The van der Waals surface area contributed by atoms with E-state index in [1.165, 1.54) is 10.8 Å². The first-order valence-electron chi connectivity index (χ1n) is 7.96. The van der Waals surface area contributed by atoms with Crippen LogP contribution in [0.3, 0.4) is 0 Å². The minimum atomic E-state index is 0.749. The second-order valence-electron chi connectivity index (χ2n) is 5.96. The number of benzene rings is 4. The largest absolute Gasteiger partial charge is 0.399 e. The van der Waals surface area contributed by atoms with Crippen molar-refractivity contribution < 1.29 is 0 Å². The minimum Gasteiger partial charge on any atom is -0.399 e. The second kappa shape index (κ2) is 5.74. The van der Waals surface area contributed by atoms with Crippen LogP contribution >= 0.6 is 0 Å². The highest BCUT2D eigenvalue weighted by atomic mass is 14.6. The first-order chi connectivity index (χ1) is 11.7. The molecular weight excluding hydrogens is 292 g/mol. The van der Waals surface area contributed by atoms with Crippen molar-refractivity contribution in [3.05, 3.63) is 84.9 Å². The lowest BCUT2D eigenvalue weighted by atomic mass is 9.92. The smallest absolute Gasteiger partial charge is 0.0400 e. The van der Waals surface area contributed by atoms with Crippen LogP contribution in [0.4, 0.5) is 11.4 Å². The Bertz CT molecular complexity index is 1030. The average molecular weight is 310 g/mol. The van der Waals surface area contributed by atoms with Gasteiger partial charge in [0.05, 0.1) is 0 Å². The van der Waals surface area contributed by atoms with E-state index in [2.05, 4.69) is 54.6 Å². The summed E-state index contributed by atoms with van der Waals surface area (Å²) in [6.45, 7) is 0. The van der Waals surface area contributed by atoms with Gasteiger partial charge in [-0.2, -0.15) is 0 Å². The first-order valence-corrected chi connectivity index (χ1v) is 7.96. The van der Waals surface area contributed by atoms with Crippen LogP contribution in [0.25, 0.3) is 33.0 Å². The highest BCUT2D eigenvalue weighted by Crippen LogP contribution is 2.38. The highest BCUT2D eigenvalue weighted by Gasteiger charge is 2.11. The van der Waals surface area contributed by atoms with E-state index in [4.69, 9.17) is 11.5 Å². The molecule has 0 atom stereocenters. The summed E-state index contributed by atoms with van der Waals surface area (Å²) in [5, 5.41) is 2.43. The van der Waals surface area contributed by atoms with Crippen LogP contribution in [0.1, 0.15) is 0 Å². The molecule has 4 aromatic rings. The number of hydrogen-bond acceptors (Lipinski definition) is 2. The van der Waals surface area contributed by atoms with Crippen LogP contribution in [-0.2, 0) is 0 Å². The van der Waals surface area contributed by atoms with Crippen molar-refractivity contribution in [3.8, 4) is 22.3 Å². The number of rotatable bonds is 2. The molecular formula is C22H18N2. The van der Waals surface area contributed by atoms with Crippen molar-refractivity contribution in [2.24, 2.45) is 0 Å². The Hall–Kier alpha value is -3.26. The van der Waals surface area contributed by atoms with E-state index in [9.17, 15) is 0 Å². The zero-order chi connectivity index (χ0) is 16.5. The molecule has 0 aliphatic rings. The SMILES string of the molecule is Nc1cccc(-c2cccc(N)c2-c2ccc3ccccc3c2)c1. The fraction of sp³-hybridized carbons (Fsp3) is 0. The van der Waals surface area contributed by atoms with Crippen LogP contribution in [0.2, 0.25) is 0 Å². The molecule has 116 valence electrons. The summed E-state index contributed by atoms with van der Waals surface area (Å²) in [5.74, 6) is 0. The van der Waals surface area contributed by atoms with Gasteiger partial charge in [-0.3, -0.25) is 0 Å². The van der Waals surface area contributed by atoms with Gasteiger partial charge in [-0.25, -0.2) is 0 Å². The molecule has 0 unspecified atom stereocenters. The predicted octanol–water partition coefficient (Wildman–Crippen LogP) is 5.34. The maximum absolute atomic E-state index is 6.34. The third kappa shape index (κ3) is 2.48. The lowest BCUT2D eigenvalue weighted by Gasteiger charge is -2.14. The Morgan fingerprint density at radius 2 is 1.33 bits per heavy atom. The van der Waals surface area contributed by atoms with E-state index in [1.807, 2.05) is 30.3 Å². The summed E-state index contributed by atoms with van der Waals surface area (Å²) in [6, 6.07) is 28.7. The number of hydrogen-bond donors (Lipinski definition) is 2. The van der Waals surface area contributed by atoms with Gasteiger partial charge in [0.2, 0.25) is 0 Å². The quantitative estimate of drug-likeness (QED) is 0.491. The van der Waals surface area contributed by atoms with Gasteiger partial charge in [0, 0.05) is 16.9 Å². The van der Waals surface area contributed by atoms with Crippen LogP contribution < -0.4 is 11.5 Å². The summed E-state index contributed by atoms with van der Waals surface area (Å²) in [5.41, 5.74) is 18.2. The van der Waals surface area contributed by atoms with Crippen molar-refractivity contribution in [1.29, 1.82) is 0 Å². The van der Waals surface area contributed by atoms with Crippen LogP contribution in [0.5, 0.6) is 0 Å². The summed E-state index contributed by atoms with van der Waals surface area (Å²) >= 11 is 0. The normalized spacial score (nSPS) is 10.8. The summed E-state index contributed by atoms with van der Waals surface area (Å²) in [6.07, 6.45) is 0. The molecule has 0 saturated heterocycles. The second-order valence-corrected chi connectivity index (χ2v) is 5.96. The molecule has 2 heteroatoms. The third-order valence-electron chi connectivity index (χ3n) is 4.33. The number of nitrogen functional groups attached to an aromatic ring is 2. The zero-order valence-electron chi connectivity index (χ0n) is 13.2. The van der Waals surface area contributed by atoms with Gasteiger partial charge in [0.1, 0.15) is 0 Å². The van der Waals surface area contributed by atoms with Crippen molar-refractivity contribution in [2.45, 2.75) is 0 Å². The first kappa shape index (κ1) is 14.3. The lowest BCUT2D eigenvalue weighted by Crippen LogP contribution is -1.94. The van der Waals surface area contributed by atoms with Crippen molar-refractivity contribution in [1.82, 2.24) is 0 Å². The van der Waals surface area contributed by atoms with Gasteiger partial charge in [0.15, 0.2) is 0 Å². The average Bonchev–Trinajstić information content (AvgIpc) is 2.61. The monoisotopic (exact) mass is 310 g/mol. The predicted molar refractivity (Wildman–Crippen MR) is 104 cm³/mol. The Balaban J connectivity index is 1.96. The van der Waals surface area contributed by atoms with Crippen LogP contribution in [0, 0.1) is 0 Å². The highest BCUT2D eigenvalue weighted by molar-refractivity contribution is 5.95. The summed E-state index contributed by atoms with van der Waals surface area (Å²) in [4.78, 5) is 0. The fourth-order valence-electron chi connectivity index (χ4n) is 3.18. The minimum absolute atomic E-state index is 0.749. The number of nitrogens with two attached hydrogens (primary N) is 2. The lowest BCUT2D eigenvalue weighted by molar-refractivity contribution is 1.58. The van der Waals surface area contributed by atoms with Gasteiger partial charge >= 0.3 is 0 Å². The molecule has 0 bridgehead atoms. The van der Waals surface area contributed by atoms with Crippen molar-refractivity contribution in [3.63, 3.8) is 0 Å². The van der Waals surface area contributed by atoms with E-state index in [0.29, 0.717) is 0 Å². The maximum Gasteiger partial charge on any atom is 0.0400 e. The van der Waals surface area contributed by atoms with E-state index in [0.717, 1.165) is 33.6 Å². The zero-order valence-corrected chi connectivity index (χ0v) is 13.2. The van der Waals surface area contributed by atoms with E-state index < -0.39 is 0 Å². The van der Waals surface area contributed by atoms with Crippen molar-refractivity contribution >= 4 is 22.1 Å². The Morgan fingerprint density at radius 3 is 2.17 bits per heavy atom. The van der Waals surface area contributed by atoms with Gasteiger partial charge in [-0.15, -0.1) is 0 Å². The fourth-order valence-corrected chi connectivity index (χ4v) is 3.18. The molecule has 0 radical (unpaired) electrons. The Morgan fingerprint density at radius 1 is 0.542 bits per heavy atom. The molecule has 0 heterocycles.